The van der Waals surface area contributed by atoms with Crippen LogP contribution in [0.2, 0.25) is 0 Å². The van der Waals surface area contributed by atoms with Crippen molar-refractivity contribution in [1.29, 1.82) is 0 Å². The van der Waals surface area contributed by atoms with Crippen molar-refractivity contribution in [3.63, 3.8) is 0 Å². The Bertz CT molecular complexity index is 539. The summed E-state index contributed by atoms with van der Waals surface area (Å²) in [6.45, 7) is 6.50. The van der Waals surface area contributed by atoms with Crippen LogP contribution in [-0.2, 0) is 0 Å². The van der Waals surface area contributed by atoms with E-state index in [-0.39, 0.29) is 23.0 Å². The summed E-state index contributed by atoms with van der Waals surface area (Å²) in [5.74, 6) is 1.27. The van der Waals surface area contributed by atoms with Crippen LogP contribution in [0, 0.1) is 28.6 Å². The van der Waals surface area contributed by atoms with Crippen LogP contribution in [-0.4, -0.2) is 33.1 Å². The minimum atomic E-state index is -0.655. The molecule has 4 aliphatic rings. The number of aliphatic hydroxyl groups is 3. The van der Waals surface area contributed by atoms with Crippen molar-refractivity contribution in [2.45, 2.75) is 83.5 Å². The van der Waals surface area contributed by atoms with Crippen molar-refractivity contribution in [2.75, 3.05) is 0 Å². The van der Waals surface area contributed by atoms with E-state index < -0.39 is 5.60 Å². The second-order valence-electron chi connectivity index (χ2n) is 9.58. The zero-order chi connectivity index (χ0) is 16.6. The van der Waals surface area contributed by atoms with Crippen molar-refractivity contribution in [2.24, 2.45) is 28.6 Å². The van der Waals surface area contributed by atoms with E-state index >= 15 is 0 Å². The third-order valence-corrected chi connectivity index (χ3v) is 8.57. The minimum Gasteiger partial charge on any atom is -0.393 e. The van der Waals surface area contributed by atoms with Crippen LogP contribution in [0.3, 0.4) is 0 Å². The molecule has 0 aromatic heterocycles. The maximum absolute atomic E-state index is 11.1. The summed E-state index contributed by atoms with van der Waals surface area (Å²) < 4.78 is 0. The van der Waals surface area contributed by atoms with Gasteiger partial charge in [0.25, 0.3) is 0 Å². The quantitative estimate of drug-likeness (QED) is 0.601. The molecule has 0 radical (unpaired) electrons. The van der Waals surface area contributed by atoms with E-state index in [1.165, 1.54) is 5.57 Å². The Balaban J connectivity index is 1.74. The van der Waals surface area contributed by atoms with Gasteiger partial charge in [0.15, 0.2) is 0 Å². The van der Waals surface area contributed by atoms with Gasteiger partial charge in [0, 0.05) is 5.41 Å². The Labute approximate surface area is 139 Å². The summed E-state index contributed by atoms with van der Waals surface area (Å²) in [6, 6.07) is 0. The lowest BCUT2D eigenvalue weighted by Crippen LogP contribution is -2.59. The van der Waals surface area contributed by atoms with Crippen LogP contribution in [0.1, 0.15) is 65.7 Å². The van der Waals surface area contributed by atoms with Crippen LogP contribution in [0.25, 0.3) is 0 Å². The average Bonchev–Trinajstić information content (AvgIpc) is 2.69. The van der Waals surface area contributed by atoms with E-state index in [9.17, 15) is 15.3 Å². The Morgan fingerprint density at radius 1 is 1.09 bits per heavy atom. The summed E-state index contributed by atoms with van der Waals surface area (Å²) in [7, 11) is 0. The molecule has 3 nitrogen and oxygen atoms in total. The predicted molar refractivity (Wildman–Crippen MR) is 89.7 cm³/mol. The Hall–Kier alpha value is -0.380. The average molecular weight is 320 g/mol. The van der Waals surface area contributed by atoms with Gasteiger partial charge in [-0.3, -0.25) is 0 Å². The largest absolute Gasteiger partial charge is 0.393 e. The van der Waals surface area contributed by atoms with Gasteiger partial charge in [-0.05, 0) is 75.0 Å². The Morgan fingerprint density at radius 2 is 1.83 bits per heavy atom. The van der Waals surface area contributed by atoms with E-state index in [0.717, 1.165) is 44.9 Å². The highest BCUT2D eigenvalue weighted by Crippen LogP contribution is 2.66. The summed E-state index contributed by atoms with van der Waals surface area (Å²) in [6.07, 6.45) is 8.11. The molecule has 23 heavy (non-hydrogen) atoms. The van der Waals surface area contributed by atoms with Crippen LogP contribution < -0.4 is 0 Å². The first-order valence-corrected chi connectivity index (χ1v) is 9.47. The maximum Gasteiger partial charge on any atom is 0.0676 e. The third-order valence-electron chi connectivity index (χ3n) is 8.57. The number of hydrogen-bond acceptors (Lipinski definition) is 3. The van der Waals surface area contributed by atoms with Crippen LogP contribution >= 0.6 is 0 Å². The van der Waals surface area contributed by atoms with Gasteiger partial charge in [-0.2, -0.15) is 0 Å². The minimum absolute atomic E-state index is 0.0390. The summed E-state index contributed by atoms with van der Waals surface area (Å²) >= 11 is 0. The van der Waals surface area contributed by atoms with E-state index in [1.54, 1.807) is 0 Å². The molecule has 0 saturated heterocycles. The normalized spacial score (nSPS) is 58.9. The SMILES string of the molecule is CC1(O)CC[C@H]2[C@@H]3CC=C4CC(O)CC[C@]4(C)[C@@H]3C(O)C[C@@]21C. The summed E-state index contributed by atoms with van der Waals surface area (Å²) in [5.41, 5.74) is 0.600. The van der Waals surface area contributed by atoms with Gasteiger partial charge < -0.3 is 15.3 Å². The second-order valence-corrected chi connectivity index (χ2v) is 9.58. The molecule has 0 aromatic carbocycles. The molecular weight excluding hydrogens is 288 g/mol. The zero-order valence-corrected chi connectivity index (χ0v) is 14.8. The number of hydrogen-bond donors (Lipinski definition) is 3. The van der Waals surface area contributed by atoms with Gasteiger partial charge in [0.1, 0.15) is 0 Å². The van der Waals surface area contributed by atoms with Gasteiger partial charge in [0.05, 0.1) is 17.8 Å². The molecule has 0 aliphatic heterocycles. The maximum atomic E-state index is 11.1. The van der Waals surface area contributed by atoms with Crippen molar-refractivity contribution >= 4 is 0 Å². The van der Waals surface area contributed by atoms with Crippen LogP contribution in [0.5, 0.6) is 0 Å². The molecule has 0 aromatic rings. The van der Waals surface area contributed by atoms with E-state index in [0.29, 0.717) is 17.8 Å². The molecule has 0 spiro atoms. The second kappa shape index (κ2) is 4.83. The lowest BCUT2D eigenvalue weighted by molar-refractivity contribution is -0.162. The predicted octanol–water partition coefficient (Wildman–Crippen LogP) is 3.03. The number of allylic oxidation sites excluding steroid dienone is 1. The first-order chi connectivity index (χ1) is 10.7. The standard InChI is InChI=1S/C20H32O3/c1-18-8-6-13(21)10-12(18)4-5-14-15-7-9-20(3,23)19(15,2)11-16(22)17(14)18/h4,13-17,21-23H,5-11H2,1-3H3/t13?,14-,15-,16?,17-,18-,19-,20?/m0/s1. The van der Waals surface area contributed by atoms with Gasteiger partial charge >= 0.3 is 0 Å². The molecule has 8 atom stereocenters. The molecule has 3 saturated carbocycles. The van der Waals surface area contributed by atoms with Crippen LogP contribution in [0.4, 0.5) is 0 Å². The molecule has 4 rings (SSSR count). The van der Waals surface area contributed by atoms with Gasteiger partial charge in [0.2, 0.25) is 0 Å². The van der Waals surface area contributed by atoms with Crippen molar-refractivity contribution in [3.05, 3.63) is 11.6 Å². The summed E-state index contributed by atoms with van der Waals surface area (Å²) in [4.78, 5) is 0. The smallest absolute Gasteiger partial charge is 0.0676 e. The third kappa shape index (κ3) is 1.99. The first kappa shape index (κ1) is 16.1. The summed E-state index contributed by atoms with van der Waals surface area (Å²) in [5, 5.41) is 32.1. The van der Waals surface area contributed by atoms with E-state index in [1.807, 2.05) is 6.92 Å². The molecule has 0 heterocycles. The van der Waals surface area contributed by atoms with Crippen molar-refractivity contribution in [1.82, 2.24) is 0 Å². The first-order valence-electron chi connectivity index (χ1n) is 9.47. The number of aliphatic hydroxyl groups excluding tert-OH is 2. The van der Waals surface area contributed by atoms with Gasteiger partial charge in [-0.1, -0.05) is 25.5 Å². The van der Waals surface area contributed by atoms with E-state index in [4.69, 9.17) is 0 Å². The molecule has 3 fully saturated rings. The molecule has 3 N–H and O–H groups in total. The molecule has 130 valence electrons. The highest BCUT2D eigenvalue weighted by atomic mass is 16.3. The van der Waals surface area contributed by atoms with Crippen molar-refractivity contribution < 1.29 is 15.3 Å². The highest BCUT2D eigenvalue weighted by molar-refractivity contribution is 5.27. The van der Waals surface area contributed by atoms with Crippen molar-refractivity contribution in [3.8, 4) is 0 Å². The molecule has 3 heteroatoms. The Morgan fingerprint density at radius 3 is 2.57 bits per heavy atom. The monoisotopic (exact) mass is 320 g/mol. The molecule has 0 amide bonds. The molecule has 0 bridgehead atoms. The lowest BCUT2D eigenvalue weighted by atomic mass is 9.46. The lowest BCUT2D eigenvalue weighted by Gasteiger charge is -2.60. The van der Waals surface area contributed by atoms with Gasteiger partial charge in [-0.25, -0.2) is 0 Å². The molecule has 4 aliphatic carbocycles. The fourth-order valence-electron chi connectivity index (χ4n) is 6.99. The Kier molecular flexibility index (Phi) is 3.38. The zero-order valence-electron chi connectivity index (χ0n) is 14.8. The number of fused-ring (bicyclic) bond motifs is 5. The molecular formula is C20H32O3. The fraction of sp³-hybridized carbons (Fsp3) is 0.900. The van der Waals surface area contributed by atoms with Crippen LogP contribution in [0.15, 0.2) is 11.6 Å². The molecule has 3 unspecified atom stereocenters. The fourth-order valence-corrected chi connectivity index (χ4v) is 6.99. The number of rotatable bonds is 0. The highest BCUT2D eigenvalue weighted by Gasteiger charge is 2.64. The van der Waals surface area contributed by atoms with Gasteiger partial charge in [-0.15, -0.1) is 0 Å². The van der Waals surface area contributed by atoms with E-state index in [2.05, 4.69) is 19.9 Å². The topological polar surface area (TPSA) is 60.7 Å².